The van der Waals surface area contributed by atoms with Gasteiger partial charge in [-0.3, -0.25) is 0 Å². The number of nitrogens with zero attached hydrogens (tertiary/aromatic N) is 1. The summed E-state index contributed by atoms with van der Waals surface area (Å²) < 4.78 is 6.78. The quantitative estimate of drug-likeness (QED) is 0.200. The van der Waals surface area contributed by atoms with Crippen LogP contribution in [0.3, 0.4) is 0 Å². The minimum absolute atomic E-state index is 0.387. The average molecular weight is 509 g/mol. The van der Waals surface area contributed by atoms with Gasteiger partial charge in [0, 0.05) is 10.6 Å². The van der Waals surface area contributed by atoms with Crippen molar-refractivity contribution in [3.8, 4) is 11.8 Å². The van der Waals surface area contributed by atoms with Crippen LogP contribution in [0.5, 0.6) is 5.75 Å². The zero-order valence-electron chi connectivity index (χ0n) is 16.3. The minimum atomic E-state index is 0.387. The summed E-state index contributed by atoms with van der Waals surface area (Å²) in [4.78, 5) is 0. The molecule has 0 aliphatic heterocycles. The maximum Gasteiger partial charge on any atom is 0.152 e. The number of nitriles is 1. The molecular formula is C26H16BrCl2NO. The van der Waals surface area contributed by atoms with E-state index in [4.69, 9.17) is 27.9 Å². The van der Waals surface area contributed by atoms with Crippen LogP contribution in [0, 0.1) is 11.3 Å². The normalized spacial score (nSPS) is 11.4. The molecule has 4 aromatic carbocycles. The van der Waals surface area contributed by atoms with Gasteiger partial charge >= 0.3 is 0 Å². The standard InChI is InChI=1S/C26H16BrCl2NO/c27-23-13-17(12-20(15-30)22-10-3-4-11-24(22)28)14-25(29)26(23)31-16-19-8-5-7-18-6-1-2-9-21(18)19/h1-14H,16H2. The van der Waals surface area contributed by atoms with Crippen molar-refractivity contribution in [2.24, 2.45) is 0 Å². The Labute approximate surface area is 199 Å². The third-order valence-corrected chi connectivity index (χ3v) is 6.07. The highest BCUT2D eigenvalue weighted by Gasteiger charge is 2.12. The molecule has 0 bridgehead atoms. The van der Waals surface area contributed by atoms with Crippen LogP contribution in [-0.2, 0) is 6.61 Å². The number of hydrogen-bond donors (Lipinski definition) is 0. The number of allylic oxidation sites excluding steroid dienone is 1. The first-order valence-electron chi connectivity index (χ1n) is 9.52. The number of fused-ring (bicyclic) bond motifs is 1. The fourth-order valence-electron chi connectivity index (χ4n) is 3.39. The Balaban J connectivity index is 1.62. The van der Waals surface area contributed by atoms with Crippen molar-refractivity contribution >= 4 is 61.6 Å². The van der Waals surface area contributed by atoms with Crippen molar-refractivity contribution < 1.29 is 4.74 Å². The molecule has 0 saturated carbocycles. The van der Waals surface area contributed by atoms with E-state index >= 15 is 0 Å². The van der Waals surface area contributed by atoms with Gasteiger partial charge in [0.05, 0.1) is 21.1 Å². The van der Waals surface area contributed by atoms with Crippen LogP contribution in [0.25, 0.3) is 22.4 Å². The van der Waals surface area contributed by atoms with E-state index in [1.807, 2.05) is 48.5 Å². The monoisotopic (exact) mass is 507 g/mol. The van der Waals surface area contributed by atoms with E-state index in [2.05, 4.69) is 40.2 Å². The molecule has 152 valence electrons. The van der Waals surface area contributed by atoms with Gasteiger partial charge in [0.15, 0.2) is 5.75 Å². The van der Waals surface area contributed by atoms with E-state index in [0.29, 0.717) is 38.0 Å². The molecule has 4 rings (SSSR count). The van der Waals surface area contributed by atoms with Gasteiger partial charge in [-0.05, 0) is 62.1 Å². The Hall–Kier alpha value is -2.77. The average Bonchev–Trinajstić information content (AvgIpc) is 2.77. The van der Waals surface area contributed by atoms with Crippen LogP contribution in [0.15, 0.2) is 83.3 Å². The molecule has 0 fully saturated rings. The van der Waals surface area contributed by atoms with Gasteiger partial charge in [-0.2, -0.15) is 5.26 Å². The van der Waals surface area contributed by atoms with Crippen molar-refractivity contribution in [2.45, 2.75) is 6.61 Å². The SMILES string of the molecule is N#CC(=Cc1cc(Cl)c(OCc2cccc3ccccc23)c(Br)c1)c1ccccc1Cl. The zero-order chi connectivity index (χ0) is 21.8. The summed E-state index contributed by atoms with van der Waals surface area (Å²) in [5, 5.41) is 12.9. The minimum Gasteiger partial charge on any atom is -0.486 e. The topological polar surface area (TPSA) is 33.0 Å². The number of ether oxygens (including phenoxy) is 1. The lowest BCUT2D eigenvalue weighted by atomic mass is 10.0. The molecule has 0 aromatic heterocycles. The van der Waals surface area contributed by atoms with E-state index < -0.39 is 0 Å². The second-order valence-electron chi connectivity index (χ2n) is 6.89. The molecule has 0 radical (unpaired) electrons. The summed E-state index contributed by atoms with van der Waals surface area (Å²) in [5.41, 5.74) is 2.98. The van der Waals surface area contributed by atoms with Crippen LogP contribution in [0.4, 0.5) is 0 Å². The highest BCUT2D eigenvalue weighted by Crippen LogP contribution is 2.37. The van der Waals surface area contributed by atoms with Crippen molar-refractivity contribution in [3.05, 3.63) is 110 Å². The number of halogens is 3. The Morgan fingerprint density at radius 1 is 0.935 bits per heavy atom. The van der Waals surface area contributed by atoms with Gasteiger partial charge in [0.2, 0.25) is 0 Å². The van der Waals surface area contributed by atoms with Crippen LogP contribution in [-0.4, -0.2) is 0 Å². The van der Waals surface area contributed by atoms with Gasteiger partial charge in [-0.1, -0.05) is 83.9 Å². The Kier molecular flexibility index (Phi) is 6.63. The molecule has 0 atom stereocenters. The van der Waals surface area contributed by atoms with Crippen LogP contribution >= 0.6 is 39.1 Å². The first-order chi connectivity index (χ1) is 15.1. The van der Waals surface area contributed by atoms with Crippen molar-refractivity contribution in [2.75, 3.05) is 0 Å². The second-order valence-corrected chi connectivity index (χ2v) is 8.56. The Morgan fingerprint density at radius 3 is 2.45 bits per heavy atom. The number of rotatable bonds is 5. The van der Waals surface area contributed by atoms with Gasteiger partial charge in [0.25, 0.3) is 0 Å². The molecule has 0 heterocycles. The maximum absolute atomic E-state index is 9.61. The fourth-order valence-corrected chi connectivity index (χ4v) is 4.61. The predicted molar refractivity (Wildman–Crippen MR) is 132 cm³/mol. The van der Waals surface area contributed by atoms with Crippen LogP contribution in [0.1, 0.15) is 16.7 Å². The zero-order valence-corrected chi connectivity index (χ0v) is 19.4. The molecule has 2 nitrogen and oxygen atoms in total. The molecule has 4 aromatic rings. The van der Waals surface area contributed by atoms with E-state index in [1.165, 1.54) is 0 Å². The molecule has 31 heavy (non-hydrogen) atoms. The largest absolute Gasteiger partial charge is 0.486 e. The second kappa shape index (κ2) is 9.58. The molecule has 0 N–H and O–H groups in total. The molecule has 0 unspecified atom stereocenters. The number of benzene rings is 4. The van der Waals surface area contributed by atoms with Crippen LogP contribution in [0.2, 0.25) is 10.0 Å². The highest BCUT2D eigenvalue weighted by molar-refractivity contribution is 9.10. The summed E-state index contributed by atoms with van der Waals surface area (Å²) in [7, 11) is 0. The number of hydrogen-bond acceptors (Lipinski definition) is 2. The molecule has 0 spiro atoms. The van der Waals surface area contributed by atoms with E-state index in [9.17, 15) is 5.26 Å². The van der Waals surface area contributed by atoms with E-state index in [-0.39, 0.29) is 0 Å². The lowest BCUT2D eigenvalue weighted by molar-refractivity contribution is 0.306. The van der Waals surface area contributed by atoms with Gasteiger partial charge in [-0.15, -0.1) is 0 Å². The molecule has 0 amide bonds. The van der Waals surface area contributed by atoms with Crippen molar-refractivity contribution in [3.63, 3.8) is 0 Å². The third-order valence-electron chi connectivity index (χ3n) is 4.87. The van der Waals surface area contributed by atoms with Gasteiger partial charge in [0.1, 0.15) is 6.61 Å². The molecule has 0 saturated heterocycles. The molecule has 0 aliphatic carbocycles. The smallest absolute Gasteiger partial charge is 0.152 e. The van der Waals surface area contributed by atoms with Crippen LogP contribution < -0.4 is 4.74 Å². The molecule has 5 heteroatoms. The lowest BCUT2D eigenvalue weighted by Gasteiger charge is -2.13. The Bertz CT molecular complexity index is 1310. The van der Waals surface area contributed by atoms with Crippen molar-refractivity contribution in [1.82, 2.24) is 0 Å². The summed E-state index contributed by atoms with van der Waals surface area (Å²) in [5.74, 6) is 0.558. The molecular weight excluding hydrogens is 493 g/mol. The Morgan fingerprint density at radius 2 is 1.68 bits per heavy atom. The summed E-state index contributed by atoms with van der Waals surface area (Å²) in [6.45, 7) is 0.387. The lowest BCUT2D eigenvalue weighted by Crippen LogP contribution is -1.98. The van der Waals surface area contributed by atoms with Gasteiger partial charge < -0.3 is 4.74 Å². The van der Waals surface area contributed by atoms with Gasteiger partial charge in [-0.25, -0.2) is 0 Å². The predicted octanol–water partition coefficient (Wildman–Crippen LogP) is 8.55. The summed E-state index contributed by atoms with van der Waals surface area (Å²) in [6, 6.07) is 27.4. The maximum atomic E-state index is 9.61. The van der Waals surface area contributed by atoms with E-state index in [0.717, 1.165) is 21.9 Å². The van der Waals surface area contributed by atoms with Crippen molar-refractivity contribution in [1.29, 1.82) is 5.26 Å². The third kappa shape index (κ3) is 4.78. The van der Waals surface area contributed by atoms with E-state index in [1.54, 1.807) is 18.2 Å². The molecule has 0 aliphatic rings. The summed E-state index contributed by atoms with van der Waals surface area (Å²) in [6.07, 6.45) is 1.76. The first kappa shape index (κ1) is 21.5. The first-order valence-corrected chi connectivity index (χ1v) is 11.1. The highest BCUT2D eigenvalue weighted by atomic mass is 79.9. The summed E-state index contributed by atoms with van der Waals surface area (Å²) >= 11 is 16.3. The fraction of sp³-hybridized carbons (Fsp3) is 0.0385.